The van der Waals surface area contributed by atoms with Gasteiger partial charge in [-0.2, -0.15) is 0 Å². The second kappa shape index (κ2) is 11.4. The molecule has 3 aliphatic rings. The number of fused-ring (bicyclic) bond motifs is 1. The number of rotatable bonds is 11. The number of carbonyl (C=O) groups is 3. The number of primary amides is 1. The van der Waals surface area contributed by atoms with E-state index < -0.39 is 17.9 Å². The van der Waals surface area contributed by atoms with Gasteiger partial charge in [-0.3, -0.25) is 14.4 Å². The molecular formula is C31H39N3O5. The van der Waals surface area contributed by atoms with Crippen LogP contribution in [0, 0.1) is 11.8 Å². The lowest BCUT2D eigenvalue weighted by Crippen LogP contribution is -2.45. The molecule has 0 bridgehead atoms. The number of carbonyl (C=O) groups excluding carboxylic acids is 3. The Morgan fingerprint density at radius 2 is 1.77 bits per heavy atom. The van der Waals surface area contributed by atoms with Crippen LogP contribution >= 0.6 is 0 Å². The summed E-state index contributed by atoms with van der Waals surface area (Å²) in [5.41, 5.74) is 9.54. The molecule has 2 fully saturated rings. The van der Waals surface area contributed by atoms with Crippen molar-refractivity contribution in [2.45, 2.75) is 70.1 Å². The number of benzene rings is 2. The predicted molar refractivity (Wildman–Crippen MR) is 147 cm³/mol. The molecule has 39 heavy (non-hydrogen) atoms. The van der Waals surface area contributed by atoms with E-state index in [4.69, 9.17) is 10.5 Å². The zero-order valence-electron chi connectivity index (χ0n) is 22.9. The van der Waals surface area contributed by atoms with E-state index >= 15 is 0 Å². The van der Waals surface area contributed by atoms with E-state index in [1.165, 1.54) is 43.3 Å². The number of amides is 2. The summed E-state index contributed by atoms with van der Waals surface area (Å²) in [5.74, 6) is 0.704. The van der Waals surface area contributed by atoms with E-state index in [2.05, 4.69) is 41.2 Å². The largest absolute Gasteiger partial charge is 0.489 e. The lowest BCUT2D eigenvalue weighted by Gasteiger charge is -2.41. The van der Waals surface area contributed by atoms with Gasteiger partial charge in [0.05, 0.1) is 13.7 Å². The van der Waals surface area contributed by atoms with Crippen molar-refractivity contribution in [2.75, 3.05) is 20.2 Å². The van der Waals surface area contributed by atoms with Crippen molar-refractivity contribution >= 4 is 17.8 Å². The highest BCUT2D eigenvalue weighted by atomic mass is 16.5. The predicted octanol–water partition coefficient (Wildman–Crippen LogP) is 3.70. The Bertz CT molecular complexity index is 1220. The summed E-state index contributed by atoms with van der Waals surface area (Å²) in [6, 6.07) is 13.3. The van der Waals surface area contributed by atoms with E-state index in [0.29, 0.717) is 23.8 Å². The fourth-order valence-electron chi connectivity index (χ4n) is 6.55. The van der Waals surface area contributed by atoms with Gasteiger partial charge in [-0.1, -0.05) is 37.3 Å². The Labute approximate surface area is 230 Å². The molecule has 2 heterocycles. The van der Waals surface area contributed by atoms with Crippen LogP contribution in [0.5, 0.6) is 5.75 Å². The van der Waals surface area contributed by atoms with Gasteiger partial charge < -0.3 is 25.4 Å². The maximum atomic E-state index is 13.1. The molecule has 1 saturated carbocycles. The number of piperidine rings is 1. The molecule has 208 valence electrons. The Morgan fingerprint density at radius 1 is 1.08 bits per heavy atom. The molecule has 2 amide bonds. The molecule has 2 aromatic carbocycles. The minimum absolute atomic E-state index is 0.00100. The summed E-state index contributed by atoms with van der Waals surface area (Å²) in [4.78, 5) is 38.4. The molecule has 2 unspecified atom stereocenters. The maximum absolute atomic E-state index is 13.1. The number of nitrogens with zero attached hydrogens (tertiary/aromatic N) is 1. The van der Waals surface area contributed by atoms with E-state index in [1.54, 1.807) is 12.1 Å². The van der Waals surface area contributed by atoms with E-state index in [0.717, 1.165) is 30.1 Å². The van der Waals surface area contributed by atoms with Gasteiger partial charge in [-0.05, 0) is 85.7 Å². The van der Waals surface area contributed by atoms with Crippen molar-refractivity contribution in [1.82, 2.24) is 10.2 Å². The first-order chi connectivity index (χ1) is 18.8. The number of ether oxygens (including phenoxy) is 2. The molecule has 2 atom stereocenters. The van der Waals surface area contributed by atoms with Crippen molar-refractivity contribution in [1.29, 1.82) is 0 Å². The van der Waals surface area contributed by atoms with Crippen molar-refractivity contribution in [3.8, 4) is 5.75 Å². The molecule has 8 heteroatoms. The summed E-state index contributed by atoms with van der Waals surface area (Å²) in [5, 5.41) is 3.50. The summed E-state index contributed by atoms with van der Waals surface area (Å²) < 4.78 is 10.9. The molecule has 0 spiro atoms. The van der Waals surface area contributed by atoms with Crippen LogP contribution in [0.25, 0.3) is 0 Å². The van der Waals surface area contributed by atoms with Crippen LogP contribution in [0.3, 0.4) is 0 Å². The van der Waals surface area contributed by atoms with E-state index in [9.17, 15) is 14.4 Å². The maximum Gasteiger partial charge on any atom is 0.305 e. The van der Waals surface area contributed by atoms with Crippen molar-refractivity contribution in [3.05, 3.63) is 64.7 Å². The van der Waals surface area contributed by atoms with Crippen LogP contribution in [-0.2, 0) is 32.9 Å². The van der Waals surface area contributed by atoms with Crippen molar-refractivity contribution in [3.63, 3.8) is 0 Å². The minimum atomic E-state index is -0.898. The molecule has 1 saturated heterocycles. The molecule has 0 aromatic heterocycles. The standard InChI is InChI=1S/C31H39N3O5/c1-31(22-10-11-22,23-14-16-33-17-15-23)21-8-6-20(7-9-21)19-39-27-5-3-4-24-25(27)18-34(30(24)37)26(29(32)36)12-13-28(35)38-2/h3-9,22-23,26,33H,10-19H2,1-2H3,(H2,32,36). The summed E-state index contributed by atoms with van der Waals surface area (Å²) in [7, 11) is 1.29. The van der Waals surface area contributed by atoms with Crippen molar-refractivity contribution in [2.24, 2.45) is 17.6 Å². The molecule has 0 radical (unpaired) electrons. The Morgan fingerprint density at radius 3 is 2.41 bits per heavy atom. The lowest BCUT2D eigenvalue weighted by atomic mass is 9.65. The van der Waals surface area contributed by atoms with Gasteiger partial charge in [0.25, 0.3) is 5.91 Å². The minimum Gasteiger partial charge on any atom is -0.489 e. The Hall–Kier alpha value is -3.39. The highest BCUT2D eigenvalue weighted by molar-refractivity contribution is 6.01. The SMILES string of the molecule is COC(=O)CCC(C(N)=O)N1Cc2c(OCc3ccc(C(C)(C4CCNCC4)C4CC4)cc3)cccc2C1=O. The lowest BCUT2D eigenvalue weighted by molar-refractivity contribution is -0.141. The second-order valence-corrected chi connectivity index (χ2v) is 11.3. The summed E-state index contributed by atoms with van der Waals surface area (Å²) in [6.07, 6.45) is 5.21. The number of hydrogen-bond donors (Lipinski definition) is 2. The number of hydrogen-bond acceptors (Lipinski definition) is 6. The highest BCUT2D eigenvalue weighted by Crippen LogP contribution is 2.53. The fraction of sp³-hybridized carbons (Fsp3) is 0.516. The topological polar surface area (TPSA) is 111 Å². The van der Waals surface area contributed by atoms with Gasteiger partial charge >= 0.3 is 5.97 Å². The van der Waals surface area contributed by atoms with Crippen LogP contribution in [0.2, 0.25) is 0 Å². The number of nitrogens with one attached hydrogen (secondary N) is 1. The number of nitrogens with two attached hydrogens (primary N) is 1. The van der Waals surface area contributed by atoms with Gasteiger partial charge in [-0.15, -0.1) is 0 Å². The smallest absolute Gasteiger partial charge is 0.305 e. The Balaban J connectivity index is 1.27. The zero-order chi connectivity index (χ0) is 27.6. The Kier molecular flexibility index (Phi) is 7.93. The van der Waals surface area contributed by atoms with Crippen LogP contribution < -0.4 is 15.8 Å². The molecule has 8 nitrogen and oxygen atoms in total. The second-order valence-electron chi connectivity index (χ2n) is 11.3. The normalized spacial score (nSPS) is 19.7. The third-order valence-electron chi connectivity index (χ3n) is 9.09. The first kappa shape index (κ1) is 27.2. The van der Waals surface area contributed by atoms with Crippen LogP contribution in [0.15, 0.2) is 42.5 Å². The highest BCUT2D eigenvalue weighted by Gasteiger charge is 2.47. The fourth-order valence-corrected chi connectivity index (χ4v) is 6.55. The van der Waals surface area contributed by atoms with Gasteiger partial charge in [0, 0.05) is 17.5 Å². The first-order valence-corrected chi connectivity index (χ1v) is 14.0. The van der Waals surface area contributed by atoms with Crippen LogP contribution in [-0.4, -0.2) is 48.9 Å². The van der Waals surface area contributed by atoms with Crippen molar-refractivity contribution < 1.29 is 23.9 Å². The van der Waals surface area contributed by atoms with Gasteiger partial charge in [0.2, 0.25) is 5.91 Å². The molecule has 2 aliphatic heterocycles. The average Bonchev–Trinajstić information content (AvgIpc) is 3.77. The monoisotopic (exact) mass is 533 g/mol. The van der Waals surface area contributed by atoms with Gasteiger partial charge in [0.15, 0.2) is 0 Å². The molecular weight excluding hydrogens is 494 g/mol. The number of esters is 1. The third-order valence-corrected chi connectivity index (χ3v) is 9.09. The van der Waals surface area contributed by atoms with Crippen LogP contribution in [0.1, 0.15) is 72.5 Å². The van der Waals surface area contributed by atoms with Gasteiger partial charge in [-0.25, -0.2) is 0 Å². The zero-order valence-corrected chi connectivity index (χ0v) is 22.9. The third kappa shape index (κ3) is 5.53. The molecule has 1 aliphatic carbocycles. The van der Waals surface area contributed by atoms with Crippen LogP contribution in [0.4, 0.5) is 0 Å². The average molecular weight is 534 g/mol. The molecule has 5 rings (SSSR count). The summed E-state index contributed by atoms with van der Waals surface area (Å²) in [6.45, 7) is 5.25. The van der Waals surface area contributed by atoms with E-state index in [1.807, 2.05) is 6.07 Å². The molecule has 3 N–H and O–H groups in total. The van der Waals surface area contributed by atoms with E-state index in [-0.39, 0.29) is 30.7 Å². The summed E-state index contributed by atoms with van der Waals surface area (Å²) >= 11 is 0. The van der Waals surface area contributed by atoms with Gasteiger partial charge in [0.1, 0.15) is 18.4 Å². The molecule has 2 aromatic rings. The quantitative estimate of drug-likeness (QED) is 0.426. The first-order valence-electron chi connectivity index (χ1n) is 14.0. The number of methoxy groups -OCH3 is 1.